The highest BCUT2D eigenvalue weighted by atomic mass is 35.5. The number of ether oxygens (including phenoxy) is 1. The molecule has 0 saturated carbocycles. The molecule has 0 unspecified atom stereocenters. The van der Waals surface area contributed by atoms with E-state index in [2.05, 4.69) is 10.3 Å². The molecular formula is C12H13ClN4O. The molecule has 2 heterocycles. The molecule has 0 amide bonds. The summed E-state index contributed by atoms with van der Waals surface area (Å²) < 4.78 is 7.40. The fourth-order valence-electron chi connectivity index (χ4n) is 2.15. The van der Waals surface area contributed by atoms with E-state index in [-0.39, 0.29) is 0 Å². The molecule has 1 aliphatic heterocycles. The Morgan fingerprint density at radius 1 is 1.50 bits per heavy atom. The minimum absolute atomic E-state index is 0.453. The summed E-state index contributed by atoms with van der Waals surface area (Å²) in [7, 11) is 0. The molecule has 0 saturated heterocycles. The zero-order valence-corrected chi connectivity index (χ0v) is 10.7. The molecule has 6 heteroatoms. The van der Waals surface area contributed by atoms with Crippen LogP contribution in [0.25, 0.3) is 0 Å². The van der Waals surface area contributed by atoms with Gasteiger partial charge in [-0.3, -0.25) is 0 Å². The van der Waals surface area contributed by atoms with Gasteiger partial charge in [0.2, 0.25) is 0 Å². The van der Waals surface area contributed by atoms with Gasteiger partial charge < -0.3 is 10.5 Å². The predicted octanol–water partition coefficient (Wildman–Crippen LogP) is 1.81. The van der Waals surface area contributed by atoms with E-state index >= 15 is 0 Å². The monoisotopic (exact) mass is 264 g/mol. The lowest BCUT2D eigenvalue weighted by atomic mass is 10.1. The van der Waals surface area contributed by atoms with Gasteiger partial charge in [0.1, 0.15) is 5.75 Å². The maximum Gasteiger partial charge on any atom is 0.168 e. The third-order valence-corrected chi connectivity index (χ3v) is 3.38. The number of hydrogen-bond acceptors (Lipinski definition) is 4. The molecule has 0 radical (unpaired) electrons. The van der Waals surface area contributed by atoms with Crippen LogP contribution in [0.3, 0.4) is 0 Å². The maximum absolute atomic E-state index is 6.11. The highest BCUT2D eigenvalue weighted by Gasteiger charge is 2.18. The van der Waals surface area contributed by atoms with Crippen LogP contribution in [0.4, 0.5) is 5.82 Å². The molecule has 0 atom stereocenters. The fraction of sp³-hybridized carbons (Fsp3) is 0.333. The smallest absolute Gasteiger partial charge is 0.168 e. The number of nitrogen functional groups attached to an aromatic ring is 1. The quantitative estimate of drug-likeness (QED) is 0.898. The Kier molecular flexibility index (Phi) is 2.63. The van der Waals surface area contributed by atoms with E-state index in [9.17, 15) is 0 Å². The Balaban J connectivity index is 2.00. The van der Waals surface area contributed by atoms with Crippen LogP contribution in [-0.4, -0.2) is 21.6 Å². The molecular weight excluding hydrogens is 252 g/mol. The number of rotatable bonds is 2. The van der Waals surface area contributed by atoms with Gasteiger partial charge in [0.15, 0.2) is 5.82 Å². The highest BCUT2D eigenvalue weighted by Crippen LogP contribution is 2.33. The summed E-state index contributed by atoms with van der Waals surface area (Å²) >= 11 is 6.11. The molecule has 2 aromatic rings. The van der Waals surface area contributed by atoms with Crippen molar-refractivity contribution < 1.29 is 4.74 Å². The average Bonchev–Trinajstić information content (AvgIpc) is 2.90. The highest BCUT2D eigenvalue weighted by molar-refractivity contribution is 6.30. The van der Waals surface area contributed by atoms with Crippen LogP contribution in [0.5, 0.6) is 5.75 Å². The molecule has 18 heavy (non-hydrogen) atoms. The van der Waals surface area contributed by atoms with Crippen LogP contribution in [0.15, 0.2) is 12.1 Å². The van der Waals surface area contributed by atoms with Crippen molar-refractivity contribution in [2.24, 2.45) is 0 Å². The summed E-state index contributed by atoms with van der Waals surface area (Å²) in [5.41, 5.74) is 8.71. The van der Waals surface area contributed by atoms with Crippen molar-refractivity contribution in [3.63, 3.8) is 0 Å². The summed E-state index contributed by atoms with van der Waals surface area (Å²) in [6.07, 6.45) is 0.904. The lowest BCUT2D eigenvalue weighted by Crippen LogP contribution is -2.06. The number of halogens is 1. The first-order chi connectivity index (χ1) is 8.65. The predicted molar refractivity (Wildman–Crippen MR) is 68.9 cm³/mol. The van der Waals surface area contributed by atoms with Gasteiger partial charge >= 0.3 is 0 Å². The molecule has 2 N–H and O–H groups in total. The fourth-order valence-corrected chi connectivity index (χ4v) is 2.41. The van der Waals surface area contributed by atoms with E-state index in [4.69, 9.17) is 22.1 Å². The standard InChI is InChI=1S/C12H13ClN4O/c1-7-12(14)15-16-17(7)6-9-5-10(13)4-8-2-3-18-11(8)9/h4-5H,2-3,6,14H2,1H3. The van der Waals surface area contributed by atoms with Crippen molar-refractivity contribution in [1.29, 1.82) is 0 Å². The Hall–Kier alpha value is -1.75. The number of fused-ring (bicyclic) bond motifs is 1. The summed E-state index contributed by atoms with van der Waals surface area (Å²) in [4.78, 5) is 0. The number of anilines is 1. The lowest BCUT2D eigenvalue weighted by Gasteiger charge is -2.09. The average molecular weight is 265 g/mol. The van der Waals surface area contributed by atoms with Crippen molar-refractivity contribution in [2.75, 3.05) is 12.3 Å². The molecule has 0 fully saturated rings. The van der Waals surface area contributed by atoms with Crippen molar-refractivity contribution in [3.8, 4) is 5.75 Å². The Morgan fingerprint density at radius 2 is 2.33 bits per heavy atom. The van der Waals surface area contributed by atoms with Gasteiger partial charge in [-0.25, -0.2) is 4.68 Å². The SMILES string of the molecule is Cc1c(N)nnn1Cc1cc(Cl)cc2c1OCC2. The van der Waals surface area contributed by atoms with Crippen molar-refractivity contribution in [2.45, 2.75) is 19.9 Å². The number of nitrogens with two attached hydrogens (primary N) is 1. The van der Waals surface area contributed by atoms with Crippen molar-refractivity contribution in [1.82, 2.24) is 15.0 Å². The third-order valence-electron chi connectivity index (χ3n) is 3.16. The van der Waals surface area contributed by atoms with Gasteiger partial charge in [-0.15, -0.1) is 5.10 Å². The summed E-state index contributed by atoms with van der Waals surface area (Å²) in [5.74, 6) is 1.38. The molecule has 94 valence electrons. The van der Waals surface area contributed by atoms with Crippen LogP contribution in [-0.2, 0) is 13.0 Å². The Morgan fingerprint density at radius 3 is 3.06 bits per heavy atom. The minimum atomic E-state index is 0.453. The topological polar surface area (TPSA) is 66.0 Å². The van der Waals surface area contributed by atoms with E-state index in [0.717, 1.165) is 34.0 Å². The van der Waals surface area contributed by atoms with Gasteiger partial charge in [0.25, 0.3) is 0 Å². The normalized spacial score (nSPS) is 13.4. The summed E-state index contributed by atoms with van der Waals surface area (Å²) in [6, 6.07) is 3.86. The van der Waals surface area contributed by atoms with E-state index in [1.807, 2.05) is 19.1 Å². The number of hydrogen-bond donors (Lipinski definition) is 1. The zero-order chi connectivity index (χ0) is 12.7. The minimum Gasteiger partial charge on any atom is -0.493 e. The Bertz CT molecular complexity index is 608. The van der Waals surface area contributed by atoms with E-state index in [0.29, 0.717) is 19.0 Å². The molecule has 1 aromatic heterocycles. The lowest BCUT2D eigenvalue weighted by molar-refractivity contribution is 0.352. The Labute approximate surface area is 109 Å². The van der Waals surface area contributed by atoms with E-state index in [1.165, 1.54) is 0 Å². The first-order valence-corrected chi connectivity index (χ1v) is 6.12. The van der Waals surface area contributed by atoms with Crippen LogP contribution in [0.1, 0.15) is 16.8 Å². The first-order valence-electron chi connectivity index (χ1n) is 5.75. The van der Waals surface area contributed by atoms with Gasteiger partial charge in [-0.05, 0) is 24.6 Å². The van der Waals surface area contributed by atoms with Crippen LogP contribution >= 0.6 is 11.6 Å². The maximum atomic E-state index is 6.11. The van der Waals surface area contributed by atoms with Crippen molar-refractivity contribution >= 4 is 17.4 Å². The molecule has 5 nitrogen and oxygen atoms in total. The number of nitrogens with zero attached hydrogens (tertiary/aromatic N) is 3. The van der Waals surface area contributed by atoms with E-state index < -0.39 is 0 Å². The third kappa shape index (κ3) is 1.80. The molecule has 1 aliphatic rings. The second-order valence-corrected chi connectivity index (χ2v) is 4.81. The molecule has 0 bridgehead atoms. The molecule has 3 rings (SSSR count). The first kappa shape index (κ1) is 11.3. The van der Waals surface area contributed by atoms with E-state index in [1.54, 1.807) is 4.68 Å². The van der Waals surface area contributed by atoms with Gasteiger partial charge in [0, 0.05) is 17.0 Å². The van der Waals surface area contributed by atoms with Gasteiger partial charge in [-0.2, -0.15) is 0 Å². The van der Waals surface area contributed by atoms with Crippen molar-refractivity contribution in [3.05, 3.63) is 34.0 Å². The van der Waals surface area contributed by atoms with Crippen LogP contribution < -0.4 is 10.5 Å². The largest absolute Gasteiger partial charge is 0.493 e. The summed E-state index contributed by atoms with van der Waals surface area (Å²) in [6.45, 7) is 3.17. The summed E-state index contributed by atoms with van der Waals surface area (Å²) in [5, 5.41) is 8.58. The van der Waals surface area contributed by atoms with Crippen LogP contribution in [0.2, 0.25) is 5.02 Å². The molecule has 0 spiro atoms. The number of aromatic nitrogens is 3. The molecule has 0 aliphatic carbocycles. The molecule has 1 aromatic carbocycles. The van der Waals surface area contributed by atoms with Crippen LogP contribution in [0, 0.1) is 6.92 Å². The second kappa shape index (κ2) is 4.17. The number of benzene rings is 1. The zero-order valence-electron chi connectivity index (χ0n) is 9.98. The second-order valence-electron chi connectivity index (χ2n) is 4.37. The van der Waals surface area contributed by atoms with Gasteiger partial charge in [-0.1, -0.05) is 16.8 Å². The van der Waals surface area contributed by atoms with Gasteiger partial charge in [0.05, 0.1) is 18.8 Å².